The predicted octanol–water partition coefficient (Wildman–Crippen LogP) is 3.18. The summed E-state index contributed by atoms with van der Waals surface area (Å²) in [6.45, 7) is 8.77. The maximum absolute atomic E-state index is 12.4. The molecule has 9 heteroatoms. The standard InChI is InChI=1S/C18H22N4O4S/c1-10-8-12(14(23)21-22-17(25)26-18(3,4)5)6-7-13(10)15(24)20-16-19-9-11(2)27-16/h6-9H,1-5H3,(H,21,23)(H,22,25)(H,19,20,24). The van der Waals surface area contributed by atoms with Gasteiger partial charge in [0.25, 0.3) is 11.8 Å². The van der Waals surface area contributed by atoms with E-state index in [0.29, 0.717) is 21.8 Å². The maximum atomic E-state index is 12.4. The summed E-state index contributed by atoms with van der Waals surface area (Å²) in [7, 11) is 0. The minimum Gasteiger partial charge on any atom is -0.443 e. The van der Waals surface area contributed by atoms with Crippen LogP contribution in [0.15, 0.2) is 24.4 Å². The van der Waals surface area contributed by atoms with E-state index in [-0.39, 0.29) is 5.91 Å². The Morgan fingerprint density at radius 2 is 1.78 bits per heavy atom. The van der Waals surface area contributed by atoms with E-state index in [1.807, 2.05) is 6.92 Å². The molecule has 1 heterocycles. The van der Waals surface area contributed by atoms with Crippen molar-refractivity contribution in [2.24, 2.45) is 0 Å². The Kier molecular flexibility index (Phi) is 6.17. The second kappa shape index (κ2) is 8.17. The van der Waals surface area contributed by atoms with Gasteiger partial charge in [-0.15, -0.1) is 11.3 Å². The SMILES string of the molecule is Cc1cnc(NC(=O)c2ccc(C(=O)NNC(=O)OC(C)(C)C)cc2C)s1. The van der Waals surface area contributed by atoms with Gasteiger partial charge in [0.1, 0.15) is 5.60 Å². The van der Waals surface area contributed by atoms with Gasteiger partial charge in [-0.05, 0) is 58.4 Å². The lowest BCUT2D eigenvalue weighted by Crippen LogP contribution is -2.44. The first-order valence-electron chi connectivity index (χ1n) is 8.19. The van der Waals surface area contributed by atoms with Gasteiger partial charge in [0.2, 0.25) is 0 Å². The van der Waals surface area contributed by atoms with Gasteiger partial charge in [-0.2, -0.15) is 0 Å². The summed E-state index contributed by atoms with van der Waals surface area (Å²) in [5.41, 5.74) is 5.12. The third-order valence-electron chi connectivity index (χ3n) is 3.25. The molecule has 0 radical (unpaired) electrons. The van der Waals surface area contributed by atoms with Crippen molar-refractivity contribution >= 4 is 34.4 Å². The van der Waals surface area contributed by atoms with Crippen LogP contribution in [0.4, 0.5) is 9.93 Å². The average Bonchev–Trinajstić information content (AvgIpc) is 2.95. The zero-order valence-electron chi connectivity index (χ0n) is 15.8. The molecule has 144 valence electrons. The highest BCUT2D eigenvalue weighted by Crippen LogP contribution is 2.19. The number of hydrogen-bond donors (Lipinski definition) is 3. The molecule has 0 saturated carbocycles. The highest BCUT2D eigenvalue weighted by molar-refractivity contribution is 7.15. The molecule has 0 spiro atoms. The number of anilines is 1. The van der Waals surface area contributed by atoms with Gasteiger partial charge in [-0.1, -0.05) is 0 Å². The Bertz CT molecular complexity index is 870. The van der Waals surface area contributed by atoms with Crippen molar-refractivity contribution in [1.29, 1.82) is 0 Å². The normalized spacial score (nSPS) is 10.9. The number of thiazole rings is 1. The molecule has 0 unspecified atom stereocenters. The van der Waals surface area contributed by atoms with Gasteiger partial charge >= 0.3 is 6.09 Å². The number of hydrazine groups is 1. The molecule has 27 heavy (non-hydrogen) atoms. The van der Waals surface area contributed by atoms with Gasteiger partial charge in [0.15, 0.2) is 5.13 Å². The fraction of sp³-hybridized carbons (Fsp3) is 0.333. The molecule has 2 rings (SSSR count). The summed E-state index contributed by atoms with van der Waals surface area (Å²) < 4.78 is 5.03. The number of rotatable bonds is 3. The summed E-state index contributed by atoms with van der Waals surface area (Å²) >= 11 is 1.38. The first-order valence-corrected chi connectivity index (χ1v) is 9.00. The largest absolute Gasteiger partial charge is 0.443 e. The summed E-state index contributed by atoms with van der Waals surface area (Å²) in [5, 5.41) is 3.24. The van der Waals surface area contributed by atoms with Crippen LogP contribution >= 0.6 is 11.3 Å². The van der Waals surface area contributed by atoms with Crippen molar-refractivity contribution in [2.75, 3.05) is 5.32 Å². The molecule has 0 atom stereocenters. The fourth-order valence-corrected chi connectivity index (χ4v) is 2.78. The van der Waals surface area contributed by atoms with Crippen molar-refractivity contribution < 1.29 is 19.1 Å². The predicted molar refractivity (Wildman–Crippen MR) is 103 cm³/mol. The van der Waals surface area contributed by atoms with Gasteiger partial charge < -0.3 is 4.74 Å². The number of aromatic nitrogens is 1. The summed E-state index contributed by atoms with van der Waals surface area (Å²) in [5.74, 6) is -0.827. The zero-order chi connectivity index (χ0) is 20.2. The second-order valence-electron chi connectivity index (χ2n) is 6.84. The van der Waals surface area contributed by atoms with Crippen molar-refractivity contribution in [3.05, 3.63) is 46.0 Å². The van der Waals surface area contributed by atoms with E-state index < -0.39 is 17.6 Å². The minimum absolute atomic E-state index is 0.296. The van der Waals surface area contributed by atoms with E-state index in [1.54, 1.807) is 46.0 Å². The van der Waals surface area contributed by atoms with Crippen LogP contribution in [0.1, 0.15) is 51.9 Å². The van der Waals surface area contributed by atoms with Crippen LogP contribution in [0.5, 0.6) is 0 Å². The third kappa shape index (κ3) is 6.07. The van der Waals surface area contributed by atoms with Crippen molar-refractivity contribution in [3.63, 3.8) is 0 Å². The smallest absolute Gasteiger partial charge is 0.426 e. The molecule has 3 N–H and O–H groups in total. The molecule has 2 aromatic rings. The van der Waals surface area contributed by atoms with Crippen LogP contribution < -0.4 is 16.2 Å². The lowest BCUT2D eigenvalue weighted by atomic mass is 10.0. The van der Waals surface area contributed by atoms with Crippen LogP contribution in [-0.2, 0) is 4.74 Å². The lowest BCUT2D eigenvalue weighted by Gasteiger charge is -2.19. The number of aryl methyl sites for hydroxylation is 2. The number of nitrogens with zero attached hydrogens (tertiary/aromatic N) is 1. The molecule has 3 amide bonds. The van der Waals surface area contributed by atoms with Crippen LogP contribution in [0.2, 0.25) is 0 Å². The minimum atomic E-state index is -0.762. The van der Waals surface area contributed by atoms with Gasteiger partial charge in [-0.3, -0.25) is 20.3 Å². The molecule has 8 nitrogen and oxygen atoms in total. The first-order chi connectivity index (χ1) is 12.5. The number of carbonyl (C=O) groups excluding carboxylic acids is 3. The monoisotopic (exact) mass is 390 g/mol. The first kappa shape index (κ1) is 20.4. The van der Waals surface area contributed by atoms with Crippen LogP contribution in [0.3, 0.4) is 0 Å². The molecular weight excluding hydrogens is 368 g/mol. The summed E-state index contributed by atoms with van der Waals surface area (Å²) in [6, 6.07) is 4.61. The highest BCUT2D eigenvalue weighted by atomic mass is 32.1. The van der Waals surface area contributed by atoms with E-state index in [0.717, 1.165) is 4.88 Å². The van der Waals surface area contributed by atoms with Crippen molar-refractivity contribution in [2.45, 2.75) is 40.2 Å². The quantitative estimate of drug-likeness (QED) is 0.698. The molecule has 0 fully saturated rings. The van der Waals surface area contributed by atoms with Crippen molar-refractivity contribution in [3.8, 4) is 0 Å². The molecular formula is C18H22N4O4S. The molecule has 0 bridgehead atoms. The number of ether oxygens (including phenoxy) is 1. The zero-order valence-corrected chi connectivity index (χ0v) is 16.6. The lowest BCUT2D eigenvalue weighted by molar-refractivity contribution is 0.0483. The van der Waals surface area contributed by atoms with Gasteiger partial charge in [0.05, 0.1) is 0 Å². The third-order valence-corrected chi connectivity index (χ3v) is 4.08. The molecule has 1 aromatic carbocycles. The Morgan fingerprint density at radius 1 is 1.07 bits per heavy atom. The van der Waals surface area contributed by atoms with E-state index >= 15 is 0 Å². The average molecular weight is 390 g/mol. The number of nitrogens with one attached hydrogen (secondary N) is 3. The van der Waals surface area contributed by atoms with Crippen molar-refractivity contribution in [1.82, 2.24) is 15.8 Å². The molecule has 0 aliphatic heterocycles. The highest BCUT2D eigenvalue weighted by Gasteiger charge is 2.18. The van der Waals surface area contributed by atoms with Gasteiger partial charge in [-0.25, -0.2) is 15.2 Å². The Balaban J connectivity index is 1.99. The van der Waals surface area contributed by atoms with Crippen LogP contribution in [-0.4, -0.2) is 28.5 Å². The fourth-order valence-electron chi connectivity index (χ4n) is 2.12. The number of carbonyl (C=O) groups is 3. The van der Waals surface area contributed by atoms with E-state index in [4.69, 9.17) is 4.74 Å². The van der Waals surface area contributed by atoms with E-state index in [2.05, 4.69) is 21.2 Å². The Morgan fingerprint density at radius 3 is 2.33 bits per heavy atom. The molecule has 0 aliphatic rings. The number of hydrogen-bond acceptors (Lipinski definition) is 6. The van der Waals surface area contributed by atoms with Crippen LogP contribution in [0, 0.1) is 13.8 Å². The maximum Gasteiger partial charge on any atom is 0.426 e. The molecule has 0 saturated heterocycles. The summed E-state index contributed by atoms with van der Waals surface area (Å²) in [4.78, 5) is 41.2. The van der Waals surface area contributed by atoms with Crippen LogP contribution in [0.25, 0.3) is 0 Å². The Hall–Kier alpha value is -2.94. The second-order valence-corrected chi connectivity index (χ2v) is 8.08. The van der Waals surface area contributed by atoms with E-state index in [1.165, 1.54) is 17.4 Å². The Labute approximate surface area is 161 Å². The topological polar surface area (TPSA) is 109 Å². The number of amides is 3. The molecule has 1 aromatic heterocycles. The summed E-state index contributed by atoms with van der Waals surface area (Å²) in [6.07, 6.45) is 0.917. The van der Waals surface area contributed by atoms with Gasteiger partial charge in [0, 0.05) is 22.2 Å². The van der Waals surface area contributed by atoms with E-state index in [9.17, 15) is 14.4 Å². The number of benzene rings is 1. The molecule has 0 aliphatic carbocycles.